The third kappa shape index (κ3) is 7.81. The predicted molar refractivity (Wildman–Crippen MR) is 146 cm³/mol. The summed E-state index contributed by atoms with van der Waals surface area (Å²) in [4.78, 5) is 0. The number of aliphatic hydroxyl groups excluding tert-OH is 1. The highest BCUT2D eigenvalue weighted by Gasteiger charge is 2.49. The zero-order chi connectivity index (χ0) is 24.3. The summed E-state index contributed by atoms with van der Waals surface area (Å²) < 4.78 is 6.96. The van der Waals surface area contributed by atoms with E-state index in [-0.39, 0.29) is 11.1 Å². The van der Waals surface area contributed by atoms with Crippen molar-refractivity contribution in [2.45, 2.75) is 84.8 Å². The van der Waals surface area contributed by atoms with Crippen LogP contribution in [0.3, 0.4) is 0 Å². The molecule has 2 nitrogen and oxygen atoms in total. The van der Waals surface area contributed by atoms with Crippen LogP contribution in [0.15, 0.2) is 84.0 Å². The van der Waals surface area contributed by atoms with Gasteiger partial charge in [-0.3, -0.25) is 0 Å². The molecule has 3 heteroatoms. The van der Waals surface area contributed by atoms with Gasteiger partial charge in [-0.1, -0.05) is 112 Å². The monoisotopic (exact) mass is 464 g/mol. The maximum absolute atomic E-state index is 9.76. The SMILES string of the molecule is CC[C@H](O)CC/C(C)=C/CC/C(C)=C/CO[Si](c1ccccc1)(c1ccccc1)C(C)(C)C. The van der Waals surface area contributed by atoms with E-state index in [1.54, 1.807) is 0 Å². The second-order valence-electron chi connectivity index (χ2n) is 10.2. The van der Waals surface area contributed by atoms with Crippen LogP contribution in [-0.2, 0) is 4.43 Å². The number of hydrogen-bond acceptors (Lipinski definition) is 2. The predicted octanol–water partition coefficient (Wildman–Crippen LogP) is 6.79. The van der Waals surface area contributed by atoms with Crippen molar-refractivity contribution in [3.05, 3.63) is 84.0 Å². The zero-order valence-electron chi connectivity index (χ0n) is 21.6. The van der Waals surface area contributed by atoms with Gasteiger partial charge >= 0.3 is 0 Å². The first-order valence-corrected chi connectivity index (χ1v) is 14.4. The van der Waals surface area contributed by atoms with E-state index >= 15 is 0 Å². The highest BCUT2D eigenvalue weighted by atomic mass is 28.4. The molecule has 2 aromatic rings. The Hall–Kier alpha value is -1.94. The third-order valence-corrected chi connectivity index (χ3v) is 11.5. The Balaban J connectivity index is 2.13. The molecular weight excluding hydrogens is 420 g/mol. The highest BCUT2D eigenvalue weighted by Crippen LogP contribution is 2.36. The Kier molecular flexibility index (Phi) is 10.8. The molecule has 0 spiro atoms. The lowest BCUT2D eigenvalue weighted by atomic mass is 10.0. The average molecular weight is 465 g/mol. The minimum Gasteiger partial charge on any atom is -0.404 e. The lowest BCUT2D eigenvalue weighted by Gasteiger charge is -2.42. The zero-order valence-corrected chi connectivity index (χ0v) is 22.6. The number of benzene rings is 2. The van der Waals surface area contributed by atoms with E-state index in [1.165, 1.54) is 21.5 Å². The van der Waals surface area contributed by atoms with E-state index in [4.69, 9.17) is 4.43 Å². The second-order valence-corrected chi connectivity index (χ2v) is 14.5. The first kappa shape index (κ1) is 27.3. The highest BCUT2D eigenvalue weighted by molar-refractivity contribution is 6.99. The number of hydrogen-bond donors (Lipinski definition) is 1. The van der Waals surface area contributed by atoms with E-state index in [2.05, 4.69) is 107 Å². The first-order valence-electron chi connectivity index (χ1n) is 12.4. The van der Waals surface area contributed by atoms with Crippen LogP contribution >= 0.6 is 0 Å². The molecule has 0 aliphatic carbocycles. The molecule has 0 unspecified atom stereocenters. The van der Waals surface area contributed by atoms with Gasteiger partial charge in [-0.25, -0.2) is 0 Å². The first-order chi connectivity index (χ1) is 15.7. The fourth-order valence-corrected chi connectivity index (χ4v) is 8.91. The van der Waals surface area contributed by atoms with Gasteiger partial charge in [0.1, 0.15) is 0 Å². The molecule has 2 rings (SSSR count). The molecule has 0 bridgehead atoms. The molecule has 0 aliphatic heterocycles. The van der Waals surface area contributed by atoms with Gasteiger partial charge in [-0.15, -0.1) is 0 Å². The molecule has 0 aliphatic rings. The van der Waals surface area contributed by atoms with E-state index in [0.717, 1.165) is 32.1 Å². The molecule has 0 amide bonds. The summed E-state index contributed by atoms with van der Waals surface area (Å²) in [7, 11) is -2.47. The number of aliphatic hydroxyl groups is 1. The van der Waals surface area contributed by atoms with Gasteiger partial charge in [0.2, 0.25) is 0 Å². The second kappa shape index (κ2) is 13.1. The summed E-state index contributed by atoms with van der Waals surface area (Å²) in [5.74, 6) is 0. The van der Waals surface area contributed by atoms with Crippen molar-refractivity contribution in [3.63, 3.8) is 0 Å². The number of allylic oxidation sites excluding steroid dienone is 3. The fourth-order valence-electron chi connectivity index (χ4n) is 4.42. The Morgan fingerprint density at radius 2 is 1.39 bits per heavy atom. The molecule has 0 heterocycles. The van der Waals surface area contributed by atoms with Crippen LogP contribution in [0.4, 0.5) is 0 Å². The van der Waals surface area contributed by atoms with E-state index < -0.39 is 8.32 Å². The van der Waals surface area contributed by atoms with E-state index in [0.29, 0.717) is 6.61 Å². The van der Waals surface area contributed by atoms with Gasteiger partial charge in [0, 0.05) is 0 Å². The van der Waals surface area contributed by atoms with Crippen molar-refractivity contribution >= 4 is 18.7 Å². The fraction of sp³-hybridized carbons (Fsp3) is 0.467. The summed E-state index contributed by atoms with van der Waals surface area (Å²) >= 11 is 0. The lowest BCUT2D eigenvalue weighted by molar-refractivity contribution is 0.160. The van der Waals surface area contributed by atoms with Crippen molar-refractivity contribution in [1.82, 2.24) is 0 Å². The Labute approximate surface area is 203 Å². The molecule has 0 radical (unpaired) electrons. The van der Waals surface area contributed by atoms with Crippen molar-refractivity contribution < 1.29 is 9.53 Å². The summed E-state index contributed by atoms with van der Waals surface area (Å²) in [5, 5.41) is 12.4. The van der Waals surface area contributed by atoms with Gasteiger partial charge in [0.05, 0.1) is 12.7 Å². The molecule has 0 saturated heterocycles. The summed E-state index contributed by atoms with van der Waals surface area (Å²) in [6.07, 6.45) is 9.17. The molecule has 33 heavy (non-hydrogen) atoms. The summed E-state index contributed by atoms with van der Waals surface area (Å²) in [6.45, 7) is 14.0. The maximum Gasteiger partial charge on any atom is 0.261 e. The van der Waals surface area contributed by atoms with Crippen LogP contribution in [0.5, 0.6) is 0 Å². The van der Waals surface area contributed by atoms with Crippen LogP contribution in [0, 0.1) is 0 Å². The van der Waals surface area contributed by atoms with E-state index in [1.807, 2.05) is 6.92 Å². The van der Waals surface area contributed by atoms with Crippen LogP contribution in [0.1, 0.15) is 73.6 Å². The maximum atomic E-state index is 9.76. The smallest absolute Gasteiger partial charge is 0.261 e. The van der Waals surface area contributed by atoms with Gasteiger partial charge in [0.15, 0.2) is 0 Å². The van der Waals surface area contributed by atoms with Crippen molar-refractivity contribution in [2.24, 2.45) is 0 Å². The topological polar surface area (TPSA) is 29.5 Å². The minimum atomic E-state index is -2.47. The van der Waals surface area contributed by atoms with Crippen LogP contribution in [0.2, 0.25) is 5.04 Å². The Morgan fingerprint density at radius 3 is 1.88 bits per heavy atom. The molecule has 1 N–H and O–H groups in total. The van der Waals surface area contributed by atoms with Crippen LogP contribution in [-0.4, -0.2) is 26.1 Å². The quantitative estimate of drug-likeness (QED) is 0.277. The molecule has 180 valence electrons. The number of rotatable bonds is 12. The van der Waals surface area contributed by atoms with Crippen LogP contribution in [0.25, 0.3) is 0 Å². The largest absolute Gasteiger partial charge is 0.404 e. The van der Waals surface area contributed by atoms with Crippen molar-refractivity contribution in [2.75, 3.05) is 6.61 Å². The molecule has 1 atom stereocenters. The van der Waals surface area contributed by atoms with Crippen LogP contribution < -0.4 is 10.4 Å². The van der Waals surface area contributed by atoms with Gasteiger partial charge in [-0.05, 0) is 61.4 Å². The van der Waals surface area contributed by atoms with Crippen molar-refractivity contribution in [1.29, 1.82) is 0 Å². The third-order valence-electron chi connectivity index (χ3n) is 6.52. The molecule has 0 saturated carbocycles. The Morgan fingerprint density at radius 1 is 0.879 bits per heavy atom. The molecule has 0 fully saturated rings. The Bertz CT molecular complexity index is 839. The molecule has 0 aromatic heterocycles. The minimum absolute atomic E-state index is 0.000353. The van der Waals surface area contributed by atoms with Crippen molar-refractivity contribution in [3.8, 4) is 0 Å². The summed E-state index contributed by atoms with van der Waals surface area (Å²) in [5.41, 5.74) is 2.74. The van der Waals surface area contributed by atoms with Gasteiger partial charge in [-0.2, -0.15) is 0 Å². The normalized spacial score (nSPS) is 14.4. The molecular formula is C30H44O2Si. The van der Waals surface area contributed by atoms with E-state index in [9.17, 15) is 5.11 Å². The standard InChI is InChI=1S/C30H44O2Si/c1-7-27(31)22-21-25(2)15-14-16-26(3)23-24-32-33(30(4,5)6,28-17-10-8-11-18-28)29-19-12-9-13-20-29/h8-13,15,17-20,23,27,31H,7,14,16,21-22,24H2,1-6H3/b25-15+,26-23+/t27-/m0/s1. The van der Waals surface area contributed by atoms with Gasteiger partial charge in [0.25, 0.3) is 8.32 Å². The van der Waals surface area contributed by atoms with Gasteiger partial charge < -0.3 is 9.53 Å². The summed E-state index contributed by atoms with van der Waals surface area (Å²) in [6, 6.07) is 21.6. The average Bonchev–Trinajstić information content (AvgIpc) is 2.80. The molecule has 2 aromatic carbocycles. The lowest BCUT2D eigenvalue weighted by Crippen LogP contribution is -2.66.